The van der Waals surface area contributed by atoms with E-state index in [9.17, 15) is 5.11 Å². The van der Waals surface area contributed by atoms with Crippen LogP contribution in [0, 0.1) is 0 Å². The van der Waals surface area contributed by atoms with Crippen LogP contribution in [0.15, 0.2) is 39.5 Å². The SMILES string of the molecule is Oc1c(Br)cccc1CNCCc1ccsc1. The zero-order valence-electron chi connectivity index (χ0n) is 9.32. The first-order chi connectivity index (χ1) is 8.27. The second-order valence-corrected chi connectivity index (χ2v) is 5.44. The summed E-state index contributed by atoms with van der Waals surface area (Å²) in [5.41, 5.74) is 2.28. The summed E-state index contributed by atoms with van der Waals surface area (Å²) in [6.45, 7) is 1.61. The van der Waals surface area contributed by atoms with Gasteiger partial charge in [0.1, 0.15) is 5.75 Å². The molecule has 0 atom stereocenters. The van der Waals surface area contributed by atoms with E-state index in [0.717, 1.165) is 23.0 Å². The number of phenols is 1. The maximum absolute atomic E-state index is 9.80. The van der Waals surface area contributed by atoms with E-state index in [1.165, 1.54) is 5.56 Å². The molecule has 17 heavy (non-hydrogen) atoms. The van der Waals surface area contributed by atoms with E-state index in [1.54, 1.807) is 11.3 Å². The van der Waals surface area contributed by atoms with Gasteiger partial charge in [0.05, 0.1) is 4.47 Å². The number of halogens is 1. The fourth-order valence-electron chi connectivity index (χ4n) is 1.59. The van der Waals surface area contributed by atoms with Crippen LogP contribution in [0.5, 0.6) is 5.75 Å². The third-order valence-electron chi connectivity index (χ3n) is 2.56. The molecule has 0 fully saturated rings. The van der Waals surface area contributed by atoms with Crippen LogP contribution in [0.3, 0.4) is 0 Å². The Morgan fingerprint density at radius 2 is 2.18 bits per heavy atom. The Morgan fingerprint density at radius 3 is 2.94 bits per heavy atom. The predicted octanol–water partition coefficient (Wildman–Crippen LogP) is 3.55. The number of benzene rings is 1. The maximum atomic E-state index is 9.80. The highest BCUT2D eigenvalue weighted by molar-refractivity contribution is 9.10. The van der Waals surface area contributed by atoms with Gasteiger partial charge in [-0.15, -0.1) is 0 Å². The highest BCUT2D eigenvalue weighted by Crippen LogP contribution is 2.27. The van der Waals surface area contributed by atoms with Crippen LogP contribution in [0.2, 0.25) is 0 Å². The van der Waals surface area contributed by atoms with Crippen molar-refractivity contribution < 1.29 is 5.11 Å². The van der Waals surface area contributed by atoms with E-state index < -0.39 is 0 Å². The summed E-state index contributed by atoms with van der Waals surface area (Å²) in [6.07, 6.45) is 1.03. The molecule has 0 bridgehead atoms. The lowest BCUT2D eigenvalue weighted by Gasteiger charge is -2.07. The summed E-state index contributed by atoms with van der Waals surface area (Å²) >= 11 is 5.03. The Balaban J connectivity index is 1.80. The molecule has 0 aliphatic carbocycles. The summed E-state index contributed by atoms with van der Waals surface area (Å²) in [6, 6.07) is 7.84. The van der Waals surface area contributed by atoms with Gasteiger partial charge in [-0.25, -0.2) is 0 Å². The Labute approximate surface area is 113 Å². The number of para-hydroxylation sites is 1. The molecule has 0 aliphatic rings. The van der Waals surface area contributed by atoms with Gasteiger partial charge >= 0.3 is 0 Å². The molecule has 0 spiro atoms. The standard InChI is InChI=1S/C13H14BrNOS/c14-12-3-1-2-11(13(12)16)8-15-6-4-10-5-7-17-9-10/h1-3,5,7,9,15-16H,4,6,8H2. The highest BCUT2D eigenvalue weighted by atomic mass is 79.9. The molecule has 1 aromatic heterocycles. The third kappa shape index (κ3) is 3.56. The number of rotatable bonds is 5. The van der Waals surface area contributed by atoms with E-state index in [1.807, 2.05) is 18.2 Å². The number of hydrogen-bond donors (Lipinski definition) is 2. The Morgan fingerprint density at radius 1 is 1.29 bits per heavy atom. The number of phenolic OH excluding ortho intramolecular Hbond substituents is 1. The van der Waals surface area contributed by atoms with Gasteiger partial charge in [0.15, 0.2) is 0 Å². The molecule has 2 N–H and O–H groups in total. The van der Waals surface area contributed by atoms with Crippen molar-refractivity contribution in [2.24, 2.45) is 0 Å². The van der Waals surface area contributed by atoms with Crippen molar-refractivity contribution in [3.05, 3.63) is 50.6 Å². The summed E-state index contributed by atoms with van der Waals surface area (Å²) in [7, 11) is 0. The summed E-state index contributed by atoms with van der Waals surface area (Å²) in [5, 5.41) is 17.4. The van der Waals surface area contributed by atoms with E-state index >= 15 is 0 Å². The fourth-order valence-corrected chi connectivity index (χ4v) is 2.70. The number of nitrogens with one attached hydrogen (secondary N) is 1. The zero-order valence-corrected chi connectivity index (χ0v) is 11.7. The minimum absolute atomic E-state index is 0.329. The van der Waals surface area contributed by atoms with Crippen molar-refractivity contribution in [1.29, 1.82) is 0 Å². The van der Waals surface area contributed by atoms with E-state index in [-0.39, 0.29) is 0 Å². The van der Waals surface area contributed by atoms with Crippen molar-refractivity contribution in [1.82, 2.24) is 5.32 Å². The largest absolute Gasteiger partial charge is 0.506 e. The fraction of sp³-hybridized carbons (Fsp3) is 0.231. The van der Waals surface area contributed by atoms with Crippen LogP contribution in [0.1, 0.15) is 11.1 Å². The molecule has 2 aromatic rings. The molecule has 0 amide bonds. The van der Waals surface area contributed by atoms with Gasteiger partial charge in [0.25, 0.3) is 0 Å². The Hall–Kier alpha value is -0.840. The average Bonchev–Trinajstić information content (AvgIpc) is 2.83. The second-order valence-electron chi connectivity index (χ2n) is 3.81. The predicted molar refractivity (Wildman–Crippen MR) is 75.5 cm³/mol. The molecule has 90 valence electrons. The number of aromatic hydroxyl groups is 1. The van der Waals surface area contributed by atoms with E-state index in [4.69, 9.17) is 0 Å². The van der Waals surface area contributed by atoms with Crippen molar-refractivity contribution in [2.75, 3.05) is 6.54 Å². The van der Waals surface area contributed by atoms with Crippen LogP contribution in [-0.2, 0) is 13.0 Å². The first kappa shape index (κ1) is 12.6. The first-order valence-electron chi connectivity index (χ1n) is 5.45. The molecule has 4 heteroatoms. The van der Waals surface area contributed by atoms with Crippen LogP contribution < -0.4 is 5.32 Å². The molecule has 0 aliphatic heterocycles. The smallest absolute Gasteiger partial charge is 0.134 e. The molecule has 2 rings (SSSR count). The molecule has 2 nitrogen and oxygen atoms in total. The molecular weight excluding hydrogens is 298 g/mol. The number of hydrogen-bond acceptors (Lipinski definition) is 3. The van der Waals surface area contributed by atoms with Crippen LogP contribution in [-0.4, -0.2) is 11.7 Å². The topological polar surface area (TPSA) is 32.3 Å². The summed E-state index contributed by atoms with van der Waals surface area (Å²) in [5.74, 6) is 0.329. The van der Waals surface area contributed by atoms with Gasteiger partial charge in [-0.3, -0.25) is 0 Å². The van der Waals surface area contributed by atoms with Crippen molar-refractivity contribution >= 4 is 27.3 Å². The van der Waals surface area contributed by atoms with E-state index in [0.29, 0.717) is 12.3 Å². The van der Waals surface area contributed by atoms with Gasteiger partial charge in [-0.1, -0.05) is 12.1 Å². The summed E-state index contributed by atoms with van der Waals surface area (Å²) < 4.78 is 0.745. The summed E-state index contributed by atoms with van der Waals surface area (Å²) in [4.78, 5) is 0. The van der Waals surface area contributed by atoms with Crippen LogP contribution >= 0.6 is 27.3 Å². The van der Waals surface area contributed by atoms with Crippen molar-refractivity contribution in [3.63, 3.8) is 0 Å². The molecule has 0 saturated carbocycles. The lowest BCUT2D eigenvalue weighted by atomic mass is 10.2. The molecular formula is C13H14BrNOS. The minimum atomic E-state index is 0.329. The molecule has 1 aromatic carbocycles. The van der Waals surface area contributed by atoms with Gasteiger partial charge in [0, 0.05) is 12.1 Å². The van der Waals surface area contributed by atoms with Gasteiger partial charge < -0.3 is 10.4 Å². The maximum Gasteiger partial charge on any atom is 0.134 e. The monoisotopic (exact) mass is 311 g/mol. The van der Waals surface area contributed by atoms with Crippen LogP contribution in [0.4, 0.5) is 0 Å². The lowest BCUT2D eigenvalue weighted by Crippen LogP contribution is -2.16. The third-order valence-corrected chi connectivity index (χ3v) is 3.93. The Bertz CT molecular complexity index is 470. The quantitative estimate of drug-likeness (QED) is 0.828. The van der Waals surface area contributed by atoms with Gasteiger partial charge in [0.2, 0.25) is 0 Å². The molecule has 0 saturated heterocycles. The highest BCUT2D eigenvalue weighted by Gasteiger charge is 2.03. The Kier molecular flexibility index (Phi) is 4.59. The normalized spacial score (nSPS) is 10.6. The molecule has 0 unspecified atom stereocenters. The second kappa shape index (κ2) is 6.19. The van der Waals surface area contributed by atoms with Gasteiger partial charge in [-0.05, 0) is 57.4 Å². The number of thiophene rings is 1. The molecule has 1 heterocycles. The van der Waals surface area contributed by atoms with Crippen molar-refractivity contribution in [3.8, 4) is 5.75 Å². The lowest BCUT2D eigenvalue weighted by molar-refractivity contribution is 0.461. The van der Waals surface area contributed by atoms with Gasteiger partial charge in [-0.2, -0.15) is 11.3 Å². The van der Waals surface area contributed by atoms with Crippen molar-refractivity contribution in [2.45, 2.75) is 13.0 Å². The first-order valence-corrected chi connectivity index (χ1v) is 7.19. The molecule has 0 radical (unpaired) electrons. The minimum Gasteiger partial charge on any atom is -0.506 e. The zero-order chi connectivity index (χ0) is 12.1. The van der Waals surface area contributed by atoms with Crippen LogP contribution in [0.25, 0.3) is 0 Å². The van der Waals surface area contributed by atoms with E-state index in [2.05, 4.69) is 38.1 Å². The average molecular weight is 312 g/mol.